The number of sulfone groups is 1. The van der Waals surface area contributed by atoms with E-state index in [1.165, 1.54) is 0 Å². The lowest BCUT2D eigenvalue weighted by Gasteiger charge is -2.32. The Hall–Kier alpha value is -0.910. The lowest BCUT2D eigenvalue weighted by atomic mass is 10.1. The molecule has 0 spiro atoms. The molecule has 0 amide bonds. The highest BCUT2D eigenvalue weighted by Gasteiger charge is 2.28. The van der Waals surface area contributed by atoms with Gasteiger partial charge in [-0.25, -0.2) is 8.42 Å². The molecule has 0 radical (unpaired) electrons. The predicted octanol–water partition coefficient (Wildman–Crippen LogP) is 3.17. The monoisotopic (exact) mass is 312 g/mol. The normalized spacial score (nSPS) is 20.4. The molecule has 118 valence electrons. The van der Waals surface area contributed by atoms with Crippen molar-refractivity contribution in [1.29, 1.82) is 0 Å². The fraction of sp³-hybridized carbons (Fsp3) is 0.625. The van der Waals surface area contributed by atoms with E-state index in [0.717, 1.165) is 25.9 Å². The first-order chi connectivity index (χ1) is 9.89. The number of hydrogen-bond donors (Lipinski definition) is 0. The Labute approximate surface area is 127 Å². The zero-order valence-corrected chi connectivity index (χ0v) is 13.6. The summed E-state index contributed by atoms with van der Waals surface area (Å²) in [5, 5.41) is 0. The van der Waals surface area contributed by atoms with Crippen molar-refractivity contribution in [1.82, 2.24) is 0 Å². The van der Waals surface area contributed by atoms with Crippen LogP contribution in [0.5, 0.6) is 0 Å². The fourth-order valence-corrected chi connectivity index (χ4v) is 3.91. The van der Waals surface area contributed by atoms with Gasteiger partial charge in [0, 0.05) is 6.61 Å². The molecule has 2 rings (SSSR count). The van der Waals surface area contributed by atoms with Crippen molar-refractivity contribution in [3.8, 4) is 0 Å². The number of rotatable bonds is 6. The molecule has 0 bridgehead atoms. The van der Waals surface area contributed by atoms with E-state index in [1.807, 2.05) is 19.9 Å². The second-order valence-corrected chi connectivity index (χ2v) is 8.16. The van der Waals surface area contributed by atoms with Gasteiger partial charge in [-0.05, 0) is 51.7 Å². The minimum atomic E-state index is -3.26. The Balaban J connectivity index is 1.91. The third-order valence-electron chi connectivity index (χ3n) is 3.66. The van der Waals surface area contributed by atoms with Gasteiger partial charge in [0.1, 0.15) is 0 Å². The average Bonchev–Trinajstić information content (AvgIpc) is 2.47. The highest BCUT2D eigenvalue weighted by molar-refractivity contribution is 7.91. The maximum atomic E-state index is 12.3. The quantitative estimate of drug-likeness (QED) is 0.809. The van der Waals surface area contributed by atoms with Gasteiger partial charge in [-0.2, -0.15) is 0 Å². The van der Waals surface area contributed by atoms with Crippen LogP contribution in [0, 0.1) is 0 Å². The van der Waals surface area contributed by atoms with Crippen LogP contribution in [-0.2, 0) is 19.3 Å². The van der Waals surface area contributed by atoms with Gasteiger partial charge in [0.05, 0.1) is 16.2 Å². The molecule has 5 heteroatoms. The number of benzene rings is 1. The molecule has 1 atom stereocenters. The van der Waals surface area contributed by atoms with Crippen molar-refractivity contribution in [3.63, 3.8) is 0 Å². The first-order valence-electron chi connectivity index (χ1n) is 7.46. The first-order valence-corrected chi connectivity index (χ1v) is 9.12. The number of ether oxygens (including phenoxy) is 2. The van der Waals surface area contributed by atoms with Gasteiger partial charge in [-0.15, -0.1) is 0 Å². The summed E-state index contributed by atoms with van der Waals surface area (Å²) in [5.41, 5.74) is -0.510. The van der Waals surface area contributed by atoms with E-state index in [9.17, 15) is 8.42 Å². The summed E-state index contributed by atoms with van der Waals surface area (Å²) in [6.07, 6.45) is 3.30. The fourth-order valence-electron chi connectivity index (χ4n) is 2.34. The molecular weight excluding hydrogens is 288 g/mol. The highest BCUT2D eigenvalue weighted by Crippen LogP contribution is 2.24. The van der Waals surface area contributed by atoms with Crippen LogP contribution in [0.1, 0.15) is 39.5 Å². The first kappa shape index (κ1) is 16.5. The van der Waals surface area contributed by atoms with Gasteiger partial charge in [0.2, 0.25) is 0 Å². The van der Waals surface area contributed by atoms with Crippen LogP contribution in [0.3, 0.4) is 0 Å². The average molecular weight is 312 g/mol. The molecule has 1 fully saturated rings. The third-order valence-corrected chi connectivity index (χ3v) is 5.40. The minimum absolute atomic E-state index is 0.0801. The summed E-state index contributed by atoms with van der Waals surface area (Å²) in [7, 11) is -3.26. The van der Waals surface area contributed by atoms with E-state index in [2.05, 4.69) is 0 Å². The Morgan fingerprint density at radius 2 is 1.95 bits per heavy atom. The van der Waals surface area contributed by atoms with Crippen LogP contribution in [-0.4, -0.2) is 32.7 Å². The van der Waals surface area contributed by atoms with Gasteiger partial charge in [0.15, 0.2) is 16.1 Å². The molecule has 0 aromatic heterocycles. The molecular formula is C16H24O4S. The Bertz CT molecular complexity index is 531. The van der Waals surface area contributed by atoms with Crippen molar-refractivity contribution in [2.24, 2.45) is 0 Å². The van der Waals surface area contributed by atoms with Crippen molar-refractivity contribution >= 4 is 9.84 Å². The van der Waals surface area contributed by atoms with Crippen LogP contribution >= 0.6 is 0 Å². The lowest BCUT2D eigenvalue weighted by molar-refractivity contribution is -0.215. The molecule has 1 aliphatic rings. The highest BCUT2D eigenvalue weighted by atomic mass is 32.2. The van der Waals surface area contributed by atoms with E-state index in [0.29, 0.717) is 11.3 Å². The molecule has 1 heterocycles. The molecule has 0 aliphatic carbocycles. The molecule has 0 saturated carbocycles. The molecule has 1 aliphatic heterocycles. The SMILES string of the molecule is CC(C)(CCS(=O)(=O)c1ccccc1)OC1CCCCO1. The van der Waals surface area contributed by atoms with Crippen LogP contribution in [0.4, 0.5) is 0 Å². The Morgan fingerprint density at radius 1 is 1.24 bits per heavy atom. The molecule has 4 nitrogen and oxygen atoms in total. The summed E-state index contributed by atoms with van der Waals surface area (Å²) in [6.45, 7) is 4.57. The maximum absolute atomic E-state index is 12.3. The second kappa shape index (κ2) is 6.90. The molecule has 21 heavy (non-hydrogen) atoms. The number of hydrogen-bond acceptors (Lipinski definition) is 4. The molecule has 1 saturated heterocycles. The van der Waals surface area contributed by atoms with Gasteiger partial charge in [0.25, 0.3) is 0 Å². The van der Waals surface area contributed by atoms with Crippen LogP contribution in [0.2, 0.25) is 0 Å². The van der Waals surface area contributed by atoms with Gasteiger partial charge in [-0.3, -0.25) is 0 Å². The van der Waals surface area contributed by atoms with Crippen molar-refractivity contribution in [3.05, 3.63) is 30.3 Å². The maximum Gasteiger partial charge on any atom is 0.178 e. The zero-order valence-electron chi connectivity index (χ0n) is 12.7. The smallest absolute Gasteiger partial charge is 0.178 e. The van der Waals surface area contributed by atoms with Gasteiger partial charge < -0.3 is 9.47 Å². The van der Waals surface area contributed by atoms with Crippen molar-refractivity contribution in [2.75, 3.05) is 12.4 Å². The predicted molar refractivity (Wildman–Crippen MR) is 81.9 cm³/mol. The molecule has 0 N–H and O–H groups in total. The largest absolute Gasteiger partial charge is 0.353 e. The van der Waals surface area contributed by atoms with Gasteiger partial charge >= 0.3 is 0 Å². The van der Waals surface area contributed by atoms with Gasteiger partial charge in [-0.1, -0.05) is 18.2 Å². The van der Waals surface area contributed by atoms with Crippen LogP contribution < -0.4 is 0 Å². The lowest BCUT2D eigenvalue weighted by Crippen LogP contribution is -2.35. The molecule has 1 aromatic rings. The summed E-state index contributed by atoms with van der Waals surface area (Å²) < 4.78 is 36.1. The van der Waals surface area contributed by atoms with E-state index in [1.54, 1.807) is 24.3 Å². The standard InChI is InChI=1S/C16H24O4S/c1-16(2,20-15-10-6-7-12-19-15)11-13-21(17,18)14-8-4-3-5-9-14/h3-5,8-9,15H,6-7,10-13H2,1-2H3. The summed E-state index contributed by atoms with van der Waals surface area (Å²) in [5.74, 6) is 0.0801. The van der Waals surface area contributed by atoms with Crippen molar-refractivity contribution in [2.45, 2.75) is 56.3 Å². The topological polar surface area (TPSA) is 52.6 Å². The van der Waals surface area contributed by atoms with Crippen LogP contribution in [0.25, 0.3) is 0 Å². The Morgan fingerprint density at radius 3 is 2.57 bits per heavy atom. The third kappa shape index (κ3) is 5.09. The summed E-state index contributed by atoms with van der Waals surface area (Å²) >= 11 is 0. The molecule has 1 aromatic carbocycles. The molecule has 1 unspecified atom stereocenters. The minimum Gasteiger partial charge on any atom is -0.353 e. The van der Waals surface area contributed by atoms with Crippen molar-refractivity contribution < 1.29 is 17.9 Å². The zero-order chi connectivity index (χ0) is 15.3. The summed E-state index contributed by atoms with van der Waals surface area (Å²) in [6, 6.07) is 8.56. The summed E-state index contributed by atoms with van der Waals surface area (Å²) in [4.78, 5) is 0.370. The van der Waals surface area contributed by atoms with E-state index >= 15 is 0 Å². The van der Waals surface area contributed by atoms with E-state index in [4.69, 9.17) is 9.47 Å². The second-order valence-electron chi connectivity index (χ2n) is 6.06. The van der Waals surface area contributed by atoms with Crippen LogP contribution in [0.15, 0.2) is 35.2 Å². The Kier molecular flexibility index (Phi) is 5.41. The van der Waals surface area contributed by atoms with E-state index < -0.39 is 15.4 Å². The van der Waals surface area contributed by atoms with E-state index in [-0.39, 0.29) is 12.0 Å².